The normalized spacial score (nSPS) is 18.8. The van der Waals surface area contributed by atoms with Gasteiger partial charge in [-0.1, -0.05) is 25.0 Å². The number of piperidine rings is 1. The Kier molecular flexibility index (Phi) is 8.17. The lowest BCUT2D eigenvalue weighted by molar-refractivity contribution is -0.134. The van der Waals surface area contributed by atoms with Crippen molar-refractivity contribution in [1.29, 1.82) is 0 Å². The van der Waals surface area contributed by atoms with Gasteiger partial charge in [-0.25, -0.2) is 4.39 Å². The van der Waals surface area contributed by atoms with Crippen molar-refractivity contribution in [2.24, 2.45) is 5.92 Å². The molecule has 140 valence electrons. The lowest BCUT2D eigenvalue weighted by Crippen LogP contribution is -2.38. The highest BCUT2D eigenvalue weighted by Gasteiger charge is 2.27. The van der Waals surface area contributed by atoms with E-state index >= 15 is 0 Å². The molecule has 1 aromatic carbocycles. The topological polar surface area (TPSA) is 32.3 Å². The fourth-order valence-corrected chi connectivity index (χ4v) is 4.11. The van der Waals surface area contributed by atoms with E-state index in [0.29, 0.717) is 24.9 Å². The van der Waals surface area contributed by atoms with Crippen LogP contribution >= 0.6 is 12.4 Å². The van der Waals surface area contributed by atoms with Crippen LogP contribution in [0.2, 0.25) is 0 Å². The first kappa shape index (κ1) is 20.2. The van der Waals surface area contributed by atoms with E-state index in [1.807, 2.05) is 11.0 Å². The monoisotopic (exact) mass is 368 g/mol. The first-order valence-corrected chi connectivity index (χ1v) is 9.47. The molecule has 0 spiro atoms. The summed E-state index contributed by atoms with van der Waals surface area (Å²) in [5.74, 6) is 0.709. The Bertz CT molecular complexity index is 542. The van der Waals surface area contributed by atoms with Gasteiger partial charge in [0.15, 0.2) is 0 Å². The van der Waals surface area contributed by atoms with Gasteiger partial charge in [0.25, 0.3) is 0 Å². The number of nitrogens with one attached hydrogen (secondary N) is 1. The predicted octanol–water partition coefficient (Wildman–Crippen LogP) is 4.30. The van der Waals surface area contributed by atoms with Crippen molar-refractivity contribution in [3.63, 3.8) is 0 Å². The molecule has 1 saturated heterocycles. The van der Waals surface area contributed by atoms with Gasteiger partial charge in [0.05, 0.1) is 0 Å². The van der Waals surface area contributed by atoms with Gasteiger partial charge in [-0.2, -0.15) is 0 Å². The van der Waals surface area contributed by atoms with E-state index in [1.54, 1.807) is 12.1 Å². The zero-order valence-corrected chi connectivity index (χ0v) is 15.7. The average Bonchev–Trinajstić information content (AvgIpc) is 3.13. The molecule has 1 saturated carbocycles. The fraction of sp³-hybridized carbons (Fsp3) is 0.650. The zero-order chi connectivity index (χ0) is 16.8. The van der Waals surface area contributed by atoms with E-state index in [2.05, 4.69) is 5.32 Å². The second kappa shape index (κ2) is 10.1. The summed E-state index contributed by atoms with van der Waals surface area (Å²) in [7, 11) is 0. The summed E-state index contributed by atoms with van der Waals surface area (Å²) in [5, 5.41) is 3.38. The molecule has 1 amide bonds. The third-order valence-corrected chi connectivity index (χ3v) is 5.55. The van der Waals surface area contributed by atoms with Crippen LogP contribution in [-0.2, 0) is 11.3 Å². The van der Waals surface area contributed by atoms with Gasteiger partial charge >= 0.3 is 0 Å². The minimum atomic E-state index is -0.221. The molecule has 2 fully saturated rings. The smallest absolute Gasteiger partial charge is 0.223 e. The molecule has 0 atom stereocenters. The molecule has 1 aliphatic heterocycles. The lowest BCUT2D eigenvalue weighted by Gasteiger charge is -2.30. The van der Waals surface area contributed by atoms with Crippen molar-refractivity contribution in [2.45, 2.75) is 64.0 Å². The van der Waals surface area contributed by atoms with Crippen molar-refractivity contribution in [1.82, 2.24) is 10.2 Å². The Labute approximate surface area is 156 Å². The van der Waals surface area contributed by atoms with E-state index in [4.69, 9.17) is 0 Å². The number of benzene rings is 1. The Morgan fingerprint density at radius 2 is 1.88 bits per heavy atom. The number of rotatable bonds is 6. The molecule has 1 N–H and O–H groups in total. The van der Waals surface area contributed by atoms with Gasteiger partial charge in [0.1, 0.15) is 5.82 Å². The third kappa shape index (κ3) is 5.96. The molecule has 0 radical (unpaired) electrons. The van der Waals surface area contributed by atoms with Crippen molar-refractivity contribution in [3.05, 3.63) is 35.6 Å². The summed E-state index contributed by atoms with van der Waals surface area (Å²) in [5.41, 5.74) is 0.900. The summed E-state index contributed by atoms with van der Waals surface area (Å²) >= 11 is 0. The summed E-state index contributed by atoms with van der Waals surface area (Å²) < 4.78 is 13.5. The molecular formula is C20H30ClFN2O. The maximum atomic E-state index is 13.5. The van der Waals surface area contributed by atoms with Crippen LogP contribution < -0.4 is 5.32 Å². The SMILES string of the molecule is Cl.O=C(CCC1CCNCC1)N(Cc1cccc(F)c1)C1CCCC1. The Hall–Kier alpha value is -1.13. The van der Waals surface area contributed by atoms with Gasteiger partial charge in [-0.05, 0) is 68.8 Å². The summed E-state index contributed by atoms with van der Waals surface area (Å²) in [6.45, 7) is 2.70. The predicted molar refractivity (Wildman–Crippen MR) is 101 cm³/mol. The molecule has 0 unspecified atom stereocenters. The molecule has 25 heavy (non-hydrogen) atoms. The molecule has 0 bridgehead atoms. The third-order valence-electron chi connectivity index (χ3n) is 5.55. The number of nitrogens with zero attached hydrogens (tertiary/aromatic N) is 1. The summed E-state index contributed by atoms with van der Waals surface area (Å²) in [6.07, 6.45) is 8.57. The van der Waals surface area contributed by atoms with E-state index in [-0.39, 0.29) is 24.1 Å². The maximum Gasteiger partial charge on any atom is 0.223 e. The molecule has 2 aliphatic rings. The summed E-state index contributed by atoms with van der Waals surface area (Å²) in [4.78, 5) is 14.9. The first-order chi connectivity index (χ1) is 11.7. The van der Waals surface area contributed by atoms with Crippen LogP contribution in [0.1, 0.15) is 56.9 Å². The number of amides is 1. The molecule has 3 rings (SSSR count). The Balaban J connectivity index is 0.00000225. The van der Waals surface area contributed by atoms with Crippen molar-refractivity contribution < 1.29 is 9.18 Å². The molecule has 3 nitrogen and oxygen atoms in total. The standard InChI is InChI=1S/C20H29FN2O.ClH/c21-18-5-3-4-17(14-18)15-23(19-6-1-2-7-19)20(24)9-8-16-10-12-22-13-11-16;/h3-5,14,16,19,22H,1-2,6-13,15H2;1H. The van der Waals surface area contributed by atoms with Gasteiger partial charge in [-0.15, -0.1) is 12.4 Å². The highest BCUT2D eigenvalue weighted by atomic mass is 35.5. The molecule has 1 heterocycles. The number of carbonyl (C=O) groups excluding carboxylic acids is 1. The molecule has 1 aromatic rings. The van der Waals surface area contributed by atoms with Crippen molar-refractivity contribution in [2.75, 3.05) is 13.1 Å². The number of halogens is 2. The zero-order valence-electron chi connectivity index (χ0n) is 14.9. The van der Waals surface area contributed by atoms with Crippen LogP contribution in [0, 0.1) is 11.7 Å². The Morgan fingerprint density at radius 3 is 2.56 bits per heavy atom. The van der Waals surface area contributed by atoms with Gasteiger partial charge in [0, 0.05) is 19.0 Å². The fourth-order valence-electron chi connectivity index (χ4n) is 4.11. The second-order valence-electron chi connectivity index (χ2n) is 7.32. The van der Waals surface area contributed by atoms with Gasteiger partial charge in [0.2, 0.25) is 5.91 Å². The van der Waals surface area contributed by atoms with Gasteiger partial charge in [-0.3, -0.25) is 4.79 Å². The molecular weight excluding hydrogens is 339 g/mol. The molecule has 1 aliphatic carbocycles. The highest BCUT2D eigenvalue weighted by Crippen LogP contribution is 2.27. The Morgan fingerprint density at radius 1 is 1.16 bits per heavy atom. The summed E-state index contributed by atoms with van der Waals surface area (Å²) in [6, 6.07) is 7.01. The van der Waals surface area contributed by atoms with E-state index < -0.39 is 0 Å². The minimum absolute atomic E-state index is 0. The van der Waals surface area contributed by atoms with Crippen molar-refractivity contribution in [3.8, 4) is 0 Å². The number of hydrogen-bond donors (Lipinski definition) is 1. The quantitative estimate of drug-likeness (QED) is 0.811. The van der Waals surface area contributed by atoms with Crippen LogP contribution in [0.15, 0.2) is 24.3 Å². The van der Waals surface area contributed by atoms with Crippen LogP contribution in [0.5, 0.6) is 0 Å². The van der Waals surface area contributed by atoms with Crippen LogP contribution in [0.3, 0.4) is 0 Å². The van der Waals surface area contributed by atoms with Crippen LogP contribution in [0.4, 0.5) is 4.39 Å². The van der Waals surface area contributed by atoms with Crippen LogP contribution in [0.25, 0.3) is 0 Å². The second-order valence-corrected chi connectivity index (χ2v) is 7.32. The molecule has 0 aromatic heterocycles. The van der Waals surface area contributed by atoms with E-state index in [9.17, 15) is 9.18 Å². The maximum absolute atomic E-state index is 13.5. The highest BCUT2D eigenvalue weighted by molar-refractivity contribution is 5.85. The number of carbonyl (C=O) groups is 1. The van der Waals surface area contributed by atoms with E-state index in [0.717, 1.165) is 37.9 Å². The largest absolute Gasteiger partial charge is 0.335 e. The number of hydrogen-bond acceptors (Lipinski definition) is 2. The van der Waals surface area contributed by atoms with Crippen LogP contribution in [-0.4, -0.2) is 29.9 Å². The van der Waals surface area contributed by atoms with E-state index in [1.165, 1.54) is 31.7 Å². The van der Waals surface area contributed by atoms with Crippen molar-refractivity contribution >= 4 is 18.3 Å². The first-order valence-electron chi connectivity index (χ1n) is 9.47. The minimum Gasteiger partial charge on any atom is -0.335 e. The average molecular weight is 369 g/mol. The molecule has 5 heteroatoms. The van der Waals surface area contributed by atoms with Gasteiger partial charge < -0.3 is 10.2 Å². The lowest BCUT2D eigenvalue weighted by atomic mass is 9.93.